The van der Waals surface area contributed by atoms with Crippen molar-refractivity contribution in [3.05, 3.63) is 48.2 Å². The molecule has 1 aromatic heterocycles. The van der Waals surface area contributed by atoms with Crippen LogP contribution in [0.1, 0.15) is 12.1 Å². The first-order chi connectivity index (χ1) is 20.8. The average molecular weight is 641 g/mol. The van der Waals surface area contributed by atoms with Crippen molar-refractivity contribution in [1.29, 1.82) is 0 Å². The van der Waals surface area contributed by atoms with E-state index >= 15 is 4.39 Å². The predicted molar refractivity (Wildman–Crippen MR) is 161 cm³/mol. The molecule has 1 unspecified atom stereocenters. The van der Waals surface area contributed by atoms with Crippen molar-refractivity contribution in [3.8, 4) is 17.6 Å². The smallest absolute Gasteiger partial charge is 0.406 e. The van der Waals surface area contributed by atoms with Gasteiger partial charge in [0.05, 0.1) is 54.2 Å². The van der Waals surface area contributed by atoms with Crippen LogP contribution in [0.15, 0.2) is 47.4 Å². The molecule has 3 atom stereocenters. The molecule has 0 saturated carbocycles. The third-order valence-corrected chi connectivity index (χ3v) is 8.37. The highest BCUT2D eigenvalue weighted by atomic mass is 32.2. The monoisotopic (exact) mass is 640 g/mol. The number of alkyl halides is 4. The number of halogens is 4. The molecule has 0 radical (unpaired) electrons. The Bertz CT molecular complexity index is 1620. The fraction of sp³-hybridized carbons (Fsp3) is 0.467. The summed E-state index contributed by atoms with van der Waals surface area (Å²) < 4.78 is 90.9. The van der Waals surface area contributed by atoms with E-state index in [1.807, 2.05) is 4.90 Å². The Kier molecular flexibility index (Phi) is 10.7. The normalized spacial score (nSPS) is 18.5. The van der Waals surface area contributed by atoms with Crippen LogP contribution in [0.2, 0.25) is 0 Å². The summed E-state index contributed by atoms with van der Waals surface area (Å²) in [5.41, 5.74) is 1.40. The molecule has 0 bridgehead atoms. The summed E-state index contributed by atoms with van der Waals surface area (Å²) in [6.07, 6.45) is -4.98. The highest BCUT2D eigenvalue weighted by molar-refractivity contribution is 7.90. The predicted octanol–water partition coefficient (Wildman–Crippen LogP) is 3.91. The maximum atomic E-state index is 15.2. The second-order valence-electron chi connectivity index (χ2n) is 10.7. The summed E-state index contributed by atoms with van der Waals surface area (Å²) in [7, 11) is -0.571. The highest BCUT2D eigenvalue weighted by Gasteiger charge is 2.32. The summed E-state index contributed by atoms with van der Waals surface area (Å²) in [6, 6.07) is 10.2. The van der Waals surface area contributed by atoms with Crippen LogP contribution in [0.3, 0.4) is 0 Å². The van der Waals surface area contributed by atoms with E-state index < -0.39 is 40.9 Å². The minimum absolute atomic E-state index is 0.0361. The fourth-order valence-corrected chi connectivity index (χ4v) is 5.86. The Labute approximate surface area is 254 Å². The third-order valence-electron chi connectivity index (χ3n) is 7.26. The van der Waals surface area contributed by atoms with Gasteiger partial charge in [0.15, 0.2) is 9.84 Å². The summed E-state index contributed by atoms with van der Waals surface area (Å²) in [5, 5.41) is 16.7. The van der Waals surface area contributed by atoms with Gasteiger partial charge in [-0.15, -0.1) is 0 Å². The molecule has 2 heterocycles. The van der Waals surface area contributed by atoms with Gasteiger partial charge in [-0.25, -0.2) is 12.8 Å². The number of benzene rings is 2. The number of methoxy groups -OCH3 is 2. The number of anilines is 2. The number of ether oxygens (including phenoxy) is 2. The highest BCUT2D eigenvalue weighted by Crippen LogP contribution is 2.32. The first-order valence-electron chi connectivity index (χ1n) is 13.9. The molecular weight excluding hydrogens is 604 g/mol. The number of aliphatic hydroxyl groups is 1. The van der Waals surface area contributed by atoms with E-state index in [1.54, 1.807) is 24.3 Å². The van der Waals surface area contributed by atoms with Crippen molar-refractivity contribution < 1.29 is 40.6 Å². The molecule has 1 aliphatic rings. The van der Waals surface area contributed by atoms with Crippen molar-refractivity contribution in [2.24, 2.45) is 0 Å². The van der Waals surface area contributed by atoms with Crippen molar-refractivity contribution in [1.82, 2.24) is 9.47 Å². The number of aromatic nitrogens is 1. The number of likely N-dealkylation sites (tertiary alicyclic amines) is 1. The Balaban J connectivity index is 1.54. The number of piperidine rings is 1. The zero-order chi connectivity index (χ0) is 32.1. The first kappa shape index (κ1) is 33.4. The van der Waals surface area contributed by atoms with E-state index in [1.165, 1.54) is 32.4 Å². The SMILES string of the molecule is COCC(O)CN1CC[C@H](Nc2cccc3c2cc(C#CCNc2ccc(S(C)(=O)=O)cc2OC)n3CC(F)(F)F)[C@H](F)C1. The van der Waals surface area contributed by atoms with E-state index in [0.717, 1.165) is 10.8 Å². The van der Waals surface area contributed by atoms with Crippen molar-refractivity contribution in [2.75, 3.05) is 63.9 Å². The standard InChI is InChI=1S/C30H36F4N4O5S/c1-42-18-21(39)16-37-13-11-26(24(31)17-37)36-25-7-4-8-28-23(25)14-20(38(28)19-30(32,33)34)6-5-12-35-27-10-9-22(44(3,40)41)15-29(27)43-2/h4,7-10,14-15,21,24,26,35-36,39H,11-13,16-19H2,1-3H3/t21?,24-,26+/m1/s1. The number of sulfone groups is 1. The molecule has 1 fully saturated rings. The molecule has 3 aromatic rings. The van der Waals surface area contributed by atoms with Gasteiger partial charge in [-0.1, -0.05) is 12.0 Å². The Morgan fingerprint density at radius 2 is 1.93 bits per heavy atom. The molecule has 2 aromatic carbocycles. The number of nitrogens with zero attached hydrogens (tertiary/aromatic N) is 2. The van der Waals surface area contributed by atoms with Gasteiger partial charge in [-0.05, 0) is 42.7 Å². The first-order valence-corrected chi connectivity index (χ1v) is 15.8. The van der Waals surface area contributed by atoms with Gasteiger partial charge in [-0.3, -0.25) is 4.90 Å². The molecule has 14 heteroatoms. The van der Waals surface area contributed by atoms with Crippen LogP contribution in [0.25, 0.3) is 10.9 Å². The fourth-order valence-electron chi connectivity index (χ4n) is 5.22. The van der Waals surface area contributed by atoms with Crippen LogP contribution >= 0.6 is 0 Å². The van der Waals surface area contributed by atoms with Crippen LogP contribution in [-0.4, -0.2) is 101 Å². The van der Waals surface area contributed by atoms with Gasteiger partial charge in [0.1, 0.15) is 18.5 Å². The van der Waals surface area contributed by atoms with E-state index in [9.17, 15) is 26.7 Å². The number of nitrogens with one attached hydrogen (secondary N) is 2. The summed E-state index contributed by atoms with van der Waals surface area (Å²) in [6.45, 7) is -0.141. The molecule has 240 valence electrons. The molecule has 1 saturated heterocycles. The summed E-state index contributed by atoms with van der Waals surface area (Å²) >= 11 is 0. The second-order valence-corrected chi connectivity index (χ2v) is 12.7. The lowest BCUT2D eigenvalue weighted by atomic mass is 10.0. The van der Waals surface area contributed by atoms with Gasteiger partial charge in [-0.2, -0.15) is 13.2 Å². The molecule has 1 aliphatic heterocycles. The number of hydrogen-bond donors (Lipinski definition) is 3. The number of rotatable bonds is 11. The van der Waals surface area contributed by atoms with Gasteiger partial charge >= 0.3 is 6.18 Å². The van der Waals surface area contributed by atoms with Crippen LogP contribution < -0.4 is 15.4 Å². The zero-order valence-corrected chi connectivity index (χ0v) is 25.4. The largest absolute Gasteiger partial charge is 0.495 e. The molecule has 0 amide bonds. The molecule has 4 rings (SSSR count). The number of β-amino-alcohol motifs (C(OH)–C–C–N with tert-alkyl or cyclic N) is 1. The molecule has 44 heavy (non-hydrogen) atoms. The maximum Gasteiger partial charge on any atom is 0.406 e. The molecule has 3 N–H and O–H groups in total. The minimum Gasteiger partial charge on any atom is -0.495 e. The zero-order valence-electron chi connectivity index (χ0n) is 24.6. The van der Waals surface area contributed by atoms with Crippen LogP contribution in [0, 0.1) is 11.8 Å². The second kappa shape index (κ2) is 14.1. The Hall–Kier alpha value is -3.51. The van der Waals surface area contributed by atoms with Gasteiger partial charge < -0.3 is 29.8 Å². The van der Waals surface area contributed by atoms with Crippen LogP contribution in [0.5, 0.6) is 5.75 Å². The van der Waals surface area contributed by atoms with E-state index in [0.29, 0.717) is 35.2 Å². The van der Waals surface area contributed by atoms with E-state index in [-0.39, 0.29) is 42.6 Å². The topological polar surface area (TPSA) is 105 Å². The molecule has 0 spiro atoms. The van der Waals surface area contributed by atoms with Crippen molar-refractivity contribution in [2.45, 2.75) is 42.4 Å². The minimum atomic E-state index is -4.51. The van der Waals surface area contributed by atoms with E-state index in [4.69, 9.17) is 9.47 Å². The van der Waals surface area contributed by atoms with Gasteiger partial charge in [0, 0.05) is 50.1 Å². The number of fused-ring (bicyclic) bond motifs is 1. The molecule has 0 aliphatic carbocycles. The average Bonchev–Trinajstić information content (AvgIpc) is 3.28. The van der Waals surface area contributed by atoms with Crippen LogP contribution in [0.4, 0.5) is 28.9 Å². The Morgan fingerprint density at radius 3 is 2.59 bits per heavy atom. The number of aliphatic hydroxyl groups excluding tert-OH is 1. The quantitative estimate of drug-likeness (QED) is 0.214. The lowest BCUT2D eigenvalue weighted by Gasteiger charge is -2.36. The van der Waals surface area contributed by atoms with Crippen molar-refractivity contribution in [3.63, 3.8) is 0 Å². The van der Waals surface area contributed by atoms with Crippen LogP contribution in [-0.2, 0) is 21.1 Å². The van der Waals surface area contributed by atoms with Crippen molar-refractivity contribution >= 4 is 32.1 Å². The maximum absolute atomic E-state index is 15.2. The van der Waals surface area contributed by atoms with Gasteiger partial charge in [0.2, 0.25) is 0 Å². The lowest BCUT2D eigenvalue weighted by molar-refractivity contribution is -0.140. The third kappa shape index (κ3) is 8.56. The summed E-state index contributed by atoms with van der Waals surface area (Å²) in [4.78, 5) is 1.90. The Morgan fingerprint density at radius 1 is 1.16 bits per heavy atom. The molecule has 9 nitrogen and oxygen atoms in total. The van der Waals surface area contributed by atoms with E-state index in [2.05, 4.69) is 22.5 Å². The van der Waals surface area contributed by atoms with Gasteiger partial charge in [0.25, 0.3) is 0 Å². The molecular formula is C30H36F4N4O5S. The summed E-state index contributed by atoms with van der Waals surface area (Å²) in [5.74, 6) is 5.92. The lowest BCUT2D eigenvalue weighted by Crippen LogP contribution is -2.50. The number of hydrogen-bond acceptors (Lipinski definition) is 8.